The summed E-state index contributed by atoms with van der Waals surface area (Å²) in [5.74, 6) is -0.225. The van der Waals surface area contributed by atoms with E-state index in [-0.39, 0.29) is 5.91 Å². The Kier molecular flexibility index (Phi) is 5.43. The van der Waals surface area contributed by atoms with E-state index >= 15 is 0 Å². The molecule has 0 aliphatic rings. The average Bonchev–Trinajstić information content (AvgIpc) is 3.20. The molecule has 5 heteroatoms. The summed E-state index contributed by atoms with van der Waals surface area (Å²) in [4.78, 5) is 18.1. The van der Waals surface area contributed by atoms with Crippen LogP contribution in [0.2, 0.25) is 0 Å². The van der Waals surface area contributed by atoms with Gasteiger partial charge < -0.3 is 4.57 Å². The Morgan fingerprint density at radius 2 is 2.21 bits per heavy atom. The van der Waals surface area contributed by atoms with Gasteiger partial charge in [0, 0.05) is 18.0 Å². The highest BCUT2D eigenvalue weighted by molar-refractivity contribution is 7.16. The molecule has 0 bridgehead atoms. The van der Waals surface area contributed by atoms with E-state index < -0.39 is 0 Å². The maximum atomic E-state index is 12.1. The number of amides is 1. The van der Waals surface area contributed by atoms with Crippen molar-refractivity contribution in [3.8, 4) is 0 Å². The molecule has 2 aromatic heterocycles. The molecular weight excluding hydrogens is 336 g/mol. The number of thiazole rings is 1. The highest BCUT2D eigenvalue weighted by Gasteiger charge is 2.05. The highest BCUT2D eigenvalue weighted by Crippen LogP contribution is 2.19. The third-order valence-electron chi connectivity index (χ3n) is 3.83. The van der Waals surface area contributed by atoms with Gasteiger partial charge in [-0.15, -0.1) is 11.3 Å². The van der Waals surface area contributed by atoms with Crippen molar-refractivity contribution in [1.82, 2.24) is 4.57 Å². The SMILES string of the molecule is CCCCc1ccc2c(c1)sc(=NC(=O)/C=C/c1cccs1)n2C. The third-order valence-corrected chi connectivity index (χ3v) is 5.76. The molecule has 24 heavy (non-hydrogen) atoms. The van der Waals surface area contributed by atoms with Crippen LogP contribution in [0.4, 0.5) is 0 Å². The second-order valence-electron chi connectivity index (χ2n) is 5.65. The van der Waals surface area contributed by atoms with Gasteiger partial charge in [0.15, 0.2) is 4.80 Å². The van der Waals surface area contributed by atoms with Gasteiger partial charge in [0.25, 0.3) is 5.91 Å². The van der Waals surface area contributed by atoms with Gasteiger partial charge >= 0.3 is 0 Å². The molecule has 0 radical (unpaired) electrons. The first kappa shape index (κ1) is 16.9. The van der Waals surface area contributed by atoms with Gasteiger partial charge in [0.05, 0.1) is 10.2 Å². The topological polar surface area (TPSA) is 34.4 Å². The molecule has 2 heterocycles. The largest absolute Gasteiger partial charge is 0.319 e. The van der Waals surface area contributed by atoms with Gasteiger partial charge in [-0.1, -0.05) is 36.8 Å². The summed E-state index contributed by atoms with van der Waals surface area (Å²) in [7, 11) is 1.96. The first-order chi connectivity index (χ1) is 11.7. The van der Waals surface area contributed by atoms with Gasteiger partial charge in [-0.3, -0.25) is 4.79 Å². The lowest BCUT2D eigenvalue weighted by molar-refractivity contribution is -0.113. The Labute approximate surface area is 149 Å². The monoisotopic (exact) mass is 356 g/mol. The Hall–Kier alpha value is -1.98. The normalized spacial score (nSPS) is 12.5. The lowest BCUT2D eigenvalue weighted by Crippen LogP contribution is -2.12. The fourth-order valence-corrected chi connectivity index (χ4v) is 4.20. The molecule has 0 saturated heterocycles. The van der Waals surface area contributed by atoms with E-state index in [1.165, 1.54) is 29.2 Å². The van der Waals surface area contributed by atoms with Crippen LogP contribution in [0.1, 0.15) is 30.2 Å². The maximum Gasteiger partial charge on any atom is 0.272 e. The summed E-state index contributed by atoms with van der Waals surface area (Å²) in [5.41, 5.74) is 2.47. The van der Waals surface area contributed by atoms with Crippen molar-refractivity contribution in [3.05, 3.63) is 57.0 Å². The van der Waals surface area contributed by atoms with Crippen molar-refractivity contribution in [2.24, 2.45) is 12.0 Å². The standard InChI is InChI=1S/C19H20N2OS2/c1-3-4-6-14-8-10-16-17(13-14)24-19(21(16)2)20-18(22)11-9-15-7-5-12-23-15/h5,7-13H,3-4,6H2,1-2H3/b11-9+,20-19?. The average molecular weight is 357 g/mol. The van der Waals surface area contributed by atoms with Crippen LogP contribution < -0.4 is 4.80 Å². The number of benzene rings is 1. The molecule has 3 nitrogen and oxygen atoms in total. The van der Waals surface area contributed by atoms with Gasteiger partial charge in [0.1, 0.15) is 0 Å². The van der Waals surface area contributed by atoms with Crippen molar-refractivity contribution in [2.45, 2.75) is 26.2 Å². The number of hydrogen-bond donors (Lipinski definition) is 0. The minimum Gasteiger partial charge on any atom is -0.319 e. The predicted molar refractivity (Wildman–Crippen MR) is 103 cm³/mol. The molecule has 0 aliphatic carbocycles. The quantitative estimate of drug-likeness (QED) is 0.606. The van der Waals surface area contributed by atoms with Crippen LogP contribution in [0, 0.1) is 0 Å². The number of carbonyl (C=O) groups excluding carboxylic acids is 1. The summed E-state index contributed by atoms with van der Waals surface area (Å²) in [6.07, 6.45) is 6.84. The van der Waals surface area contributed by atoms with Crippen LogP contribution in [0.25, 0.3) is 16.3 Å². The lowest BCUT2D eigenvalue weighted by atomic mass is 10.1. The lowest BCUT2D eigenvalue weighted by Gasteiger charge is -2.00. The smallest absolute Gasteiger partial charge is 0.272 e. The van der Waals surface area contributed by atoms with E-state index in [9.17, 15) is 4.79 Å². The van der Waals surface area contributed by atoms with E-state index in [0.29, 0.717) is 0 Å². The number of thiophene rings is 1. The van der Waals surface area contributed by atoms with Crippen LogP contribution >= 0.6 is 22.7 Å². The number of aromatic nitrogens is 1. The van der Waals surface area contributed by atoms with E-state index in [0.717, 1.165) is 21.6 Å². The highest BCUT2D eigenvalue weighted by atomic mass is 32.1. The first-order valence-electron chi connectivity index (χ1n) is 8.06. The van der Waals surface area contributed by atoms with Crippen LogP contribution in [0.3, 0.4) is 0 Å². The van der Waals surface area contributed by atoms with Crippen LogP contribution in [0.15, 0.2) is 46.8 Å². The molecule has 1 aromatic carbocycles. The summed E-state index contributed by atoms with van der Waals surface area (Å²) >= 11 is 3.17. The van der Waals surface area contributed by atoms with Gasteiger partial charge in [-0.05, 0) is 48.1 Å². The predicted octanol–water partition coefficient (Wildman–Crippen LogP) is 4.78. The number of aryl methyl sites for hydroxylation is 2. The molecule has 0 N–H and O–H groups in total. The minimum absolute atomic E-state index is 0.225. The van der Waals surface area contributed by atoms with Gasteiger partial charge in [-0.2, -0.15) is 4.99 Å². The van der Waals surface area contributed by atoms with E-state index in [2.05, 4.69) is 30.1 Å². The van der Waals surface area contributed by atoms with Crippen LogP contribution in [-0.2, 0) is 18.3 Å². The number of nitrogens with zero attached hydrogens (tertiary/aromatic N) is 2. The van der Waals surface area contributed by atoms with Crippen molar-refractivity contribution in [2.75, 3.05) is 0 Å². The Morgan fingerprint density at radius 3 is 2.96 bits per heavy atom. The molecule has 0 spiro atoms. The Morgan fingerprint density at radius 1 is 1.33 bits per heavy atom. The summed E-state index contributed by atoms with van der Waals surface area (Å²) in [5, 5.41) is 1.99. The van der Waals surface area contributed by atoms with Crippen LogP contribution in [-0.4, -0.2) is 10.5 Å². The molecule has 0 aliphatic heterocycles. The first-order valence-corrected chi connectivity index (χ1v) is 9.75. The summed E-state index contributed by atoms with van der Waals surface area (Å²) < 4.78 is 3.17. The second-order valence-corrected chi connectivity index (χ2v) is 7.64. The van der Waals surface area contributed by atoms with Crippen molar-refractivity contribution in [3.63, 3.8) is 0 Å². The number of carbonyl (C=O) groups is 1. The number of fused-ring (bicyclic) bond motifs is 1. The zero-order valence-electron chi connectivity index (χ0n) is 13.9. The molecule has 0 unspecified atom stereocenters. The van der Waals surface area contributed by atoms with Crippen molar-refractivity contribution >= 4 is 44.9 Å². The fraction of sp³-hybridized carbons (Fsp3) is 0.263. The van der Waals surface area contributed by atoms with Crippen molar-refractivity contribution < 1.29 is 4.79 Å². The summed E-state index contributed by atoms with van der Waals surface area (Å²) in [6.45, 7) is 2.20. The van der Waals surface area contributed by atoms with Crippen LogP contribution in [0.5, 0.6) is 0 Å². The minimum atomic E-state index is -0.225. The van der Waals surface area contributed by atoms with E-state index in [4.69, 9.17) is 0 Å². The van der Waals surface area contributed by atoms with E-state index in [1.807, 2.05) is 35.2 Å². The molecule has 3 rings (SSSR count). The fourth-order valence-electron chi connectivity index (χ4n) is 2.49. The zero-order chi connectivity index (χ0) is 16.9. The maximum absolute atomic E-state index is 12.1. The Balaban J connectivity index is 1.88. The second kappa shape index (κ2) is 7.73. The Bertz CT molecular complexity index is 930. The molecule has 0 saturated carbocycles. The van der Waals surface area contributed by atoms with Crippen molar-refractivity contribution in [1.29, 1.82) is 0 Å². The molecular formula is C19H20N2OS2. The number of hydrogen-bond acceptors (Lipinski definition) is 3. The molecule has 0 fully saturated rings. The molecule has 124 valence electrons. The van der Waals surface area contributed by atoms with Gasteiger partial charge in [0.2, 0.25) is 0 Å². The molecule has 1 amide bonds. The number of unbranched alkanes of at least 4 members (excludes halogenated alkanes) is 1. The molecule has 0 atom stereocenters. The van der Waals surface area contributed by atoms with Gasteiger partial charge in [-0.25, -0.2) is 0 Å². The zero-order valence-corrected chi connectivity index (χ0v) is 15.5. The van der Waals surface area contributed by atoms with E-state index in [1.54, 1.807) is 22.7 Å². The third kappa shape index (κ3) is 3.91. The number of rotatable bonds is 5. The summed E-state index contributed by atoms with van der Waals surface area (Å²) in [6, 6.07) is 10.5. The molecule has 3 aromatic rings.